The van der Waals surface area contributed by atoms with Gasteiger partial charge in [0.25, 0.3) is 0 Å². The Morgan fingerprint density at radius 1 is 1.43 bits per heavy atom. The summed E-state index contributed by atoms with van der Waals surface area (Å²) in [5.41, 5.74) is 2.45. The summed E-state index contributed by atoms with van der Waals surface area (Å²) in [5.74, 6) is 0.615. The minimum atomic E-state index is -2.82. The van der Waals surface area contributed by atoms with Crippen LogP contribution in [-0.4, -0.2) is 44.5 Å². The molecule has 1 aliphatic heterocycles. The Morgan fingerprint density at radius 3 is 2.76 bits per heavy atom. The second-order valence-corrected chi connectivity index (χ2v) is 8.76. The van der Waals surface area contributed by atoms with Crippen LogP contribution in [0.4, 0.5) is 0 Å². The van der Waals surface area contributed by atoms with Gasteiger partial charge in [0.1, 0.15) is 0 Å². The van der Waals surface area contributed by atoms with E-state index in [2.05, 4.69) is 51.3 Å². The van der Waals surface area contributed by atoms with Crippen molar-refractivity contribution in [2.45, 2.75) is 32.5 Å². The van der Waals surface area contributed by atoms with Crippen molar-refractivity contribution in [1.29, 1.82) is 0 Å². The Morgan fingerprint density at radius 2 is 2.19 bits per heavy atom. The topological polar surface area (TPSA) is 49.4 Å². The average molecular weight is 375 g/mol. The fraction of sp³-hybridized carbons (Fsp3) is 0.600. The third-order valence-corrected chi connectivity index (χ3v) is 6.44. The van der Waals surface area contributed by atoms with E-state index in [0.717, 1.165) is 30.5 Å². The molecule has 0 saturated carbocycles. The third kappa shape index (κ3) is 4.77. The molecule has 1 aromatic carbocycles. The van der Waals surface area contributed by atoms with Gasteiger partial charge in [-0.3, -0.25) is 4.90 Å². The van der Waals surface area contributed by atoms with Crippen LogP contribution in [0.2, 0.25) is 0 Å². The van der Waals surface area contributed by atoms with Gasteiger partial charge in [-0.1, -0.05) is 35.0 Å². The molecule has 1 atom stereocenters. The lowest BCUT2D eigenvalue weighted by Crippen LogP contribution is -2.32. The zero-order valence-corrected chi connectivity index (χ0v) is 15.0. The number of benzene rings is 1. The second-order valence-electron chi connectivity index (χ2n) is 5.68. The summed E-state index contributed by atoms with van der Waals surface area (Å²) in [4.78, 5) is 2.15. The molecule has 0 spiro atoms. The van der Waals surface area contributed by atoms with Gasteiger partial charge in [-0.2, -0.15) is 0 Å². The maximum absolute atomic E-state index is 11.6. The molecule has 21 heavy (non-hydrogen) atoms. The van der Waals surface area contributed by atoms with Crippen molar-refractivity contribution in [1.82, 2.24) is 10.2 Å². The van der Waals surface area contributed by atoms with E-state index in [9.17, 15) is 8.42 Å². The molecular weight excluding hydrogens is 352 g/mol. The molecule has 0 aliphatic carbocycles. The maximum atomic E-state index is 11.6. The maximum Gasteiger partial charge on any atom is 0.151 e. The lowest BCUT2D eigenvalue weighted by atomic mass is 10.1. The Bertz CT molecular complexity index is 589. The molecule has 1 unspecified atom stereocenters. The summed E-state index contributed by atoms with van der Waals surface area (Å²) < 4.78 is 24.2. The Kier molecular flexibility index (Phi) is 5.82. The number of halogens is 1. The van der Waals surface area contributed by atoms with Crippen LogP contribution in [0.25, 0.3) is 0 Å². The highest BCUT2D eigenvalue weighted by Crippen LogP contribution is 2.23. The van der Waals surface area contributed by atoms with Crippen LogP contribution < -0.4 is 5.32 Å². The summed E-state index contributed by atoms with van der Waals surface area (Å²) in [6, 6.07) is 6.53. The SMILES string of the molecule is CCNCc1ccc(CN(C)C2CCS(=O)(=O)C2)c(Br)c1. The van der Waals surface area contributed by atoms with E-state index in [1.165, 1.54) is 11.1 Å². The van der Waals surface area contributed by atoms with E-state index in [4.69, 9.17) is 0 Å². The minimum absolute atomic E-state index is 0.142. The van der Waals surface area contributed by atoms with Gasteiger partial charge >= 0.3 is 0 Å². The Balaban J connectivity index is 1.99. The molecule has 2 rings (SSSR count). The predicted molar refractivity (Wildman–Crippen MR) is 90.0 cm³/mol. The zero-order chi connectivity index (χ0) is 15.5. The van der Waals surface area contributed by atoms with Crippen LogP contribution >= 0.6 is 15.9 Å². The fourth-order valence-corrected chi connectivity index (χ4v) is 4.98. The van der Waals surface area contributed by atoms with Gasteiger partial charge in [0.2, 0.25) is 0 Å². The first-order chi connectivity index (χ1) is 9.91. The quantitative estimate of drug-likeness (QED) is 0.828. The predicted octanol–water partition coefficient (Wildman–Crippen LogP) is 2.18. The van der Waals surface area contributed by atoms with Crippen molar-refractivity contribution in [3.05, 3.63) is 33.8 Å². The first-order valence-electron chi connectivity index (χ1n) is 7.30. The monoisotopic (exact) mass is 374 g/mol. The number of nitrogens with one attached hydrogen (secondary N) is 1. The van der Waals surface area contributed by atoms with Gasteiger partial charge in [-0.25, -0.2) is 8.42 Å². The Labute approximate surface area is 136 Å². The van der Waals surface area contributed by atoms with Crippen molar-refractivity contribution in [2.75, 3.05) is 25.1 Å². The standard InChI is InChI=1S/C15H23BrN2O2S/c1-3-17-9-12-4-5-13(15(16)8-12)10-18(2)14-6-7-21(19,20)11-14/h4-5,8,14,17H,3,6-7,9-11H2,1-2H3. The molecule has 1 N–H and O–H groups in total. The summed E-state index contributed by atoms with van der Waals surface area (Å²) in [7, 11) is -0.817. The van der Waals surface area contributed by atoms with E-state index < -0.39 is 9.84 Å². The van der Waals surface area contributed by atoms with E-state index >= 15 is 0 Å². The molecule has 1 aromatic rings. The second kappa shape index (κ2) is 7.22. The minimum Gasteiger partial charge on any atom is -0.313 e. The molecule has 0 bridgehead atoms. The van der Waals surface area contributed by atoms with Gasteiger partial charge < -0.3 is 5.32 Å². The van der Waals surface area contributed by atoms with Crippen LogP contribution in [0.3, 0.4) is 0 Å². The lowest BCUT2D eigenvalue weighted by molar-refractivity contribution is 0.253. The molecule has 1 aliphatic rings. The molecule has 0 amide bonds. The average Bonchev–Trinajstić information content (AvgIpc) is 2.79. The Hall–Kier alpha value is -0.430. The van der Waals surface area contributed by atoms with E-state index in [1.807, 2.05) is 7.05 Å². The van der Waals surface area contributed by atoms with E-state index in [1.54, 1.807) is 0 Å². The largest absolute Gasteiger partial charge is 0.313 e. The first kappa shape index (κ1) is 16.9. The van der Waals surface area contributed by atoms with Crippen molar-refractivity contribution in [2.24, 2.45) is 0 Å². The lowest BCUT2D eigenvalue weighted by Gasteiger charge is -2.23. The normalized spacial score (nSPS) is 21.0. The van der Waals surface area contributed by atoms with Crippen LogP contribution in [0, 0.1) is 0 Å². The first-order valence-corrected chi connectivity index (χ1v) is 9.91. The van der Waals surface area contributed by atoms with Crippen LogP contribution in [-0.2, 0) is 22.9 Å². The molecule has 1 heterocycles. The molecule has 0 radical (unpaired) electrons. The molecule has 6 heteroatoms. The van der Waals surface area contributed by atoms with Crippen LogP contribution in [0.15, 0.2) is 22.7 Å². The van der Waals surface area contributed by atoms with Gasteiger partial charge in [0.15, 0.2) is 9.84 Å². The molecular formula is C15H23BrN2O2S. The summed E-state index contributed by atoms with van der Waals surface area (Å²) in [6.45, 7) is 4.68. The van der Waals surface area contributed by atoms with Gasteiger partial charge in [-0.15, -0.1) is 0 Å². The zero-order valence-electron chi connectivity index (χ0n) is 12.6. The van der Waals surface area contributed by atoms with Crippen molar-refractivity contribution < 1.29 is 8.42 Å². The smallest absolute Gasteiger partial charge is 0.151 e. The molecule has 1 fully saturated rings. The van der Waals surface area contributed by atoms with Crippen molar-refractivity contribution in [3.8, 4) is 0 Å². The number of hydrogen-bond acceptors (Lipinski definition) is 4. The summed E-state index contributed by atoms with van der Waals surface area (Å²) in [5, 5.41) is 3.31. The fourth-order valence-electron chi connectivity index (χ4n) is 2.62. The van der Waals surface area contributed by atoms with E-state index in [0.29, 0.717) is 11.5 Å². The molecule has 1 saturated heterocycles. The highest BCUT2D eigenvalue weighted by Gasteiger charge is 2.30. The third-order valence-electron chi connectivity index (χ3n) is 3.95. The van der Waals surface area contributed by atoms with Crippen LogP contribution in [0.5, 0.6) is 0 Å². The highest BCUT2D eigenvalue weighted by atomic mass is 79.9. The van der Waals surface area contributed by atoms with E-state index in [-0.39, 0.29) is 6.04 Å². The number of sulfone groups is 1. The van der Waals surface area contributed by atoms with Gasteiger partial charge in [0, 0.05) is 23.6 Å². The molecule has 0 aromatic heterocycles. The molecule has 118 valence electrons. The van der Waals surface area contributed by atoms with Gasteiger partial charge in [0.05, 0.1) is 11.5 Å². The number of rotatable bonds is 6. The van der Waals surface area contributed by atoms with Crippen molar-refractivity contribution >= 4 is 25.8 Å². The van der Waals surface area contributed by atoms with Crippen LogP contribution in [0.1, 0.15) is 24.5 Å². The molecule has 4 nitrogen and oxygen atoms in total. The van der Waals surface area contributed by atoms with Gasteiger partial charge in [-0.05, 0) is 37.2 Å². The highest BCUT2D eigenvalue weighted by molar-refractivity contribution is 9.10. The number of nitrogens with zero attached hydrogens (tertiary/aromatic N) is 1. The number of hydrogen-bond donors (Lipinski definition) is 1. The summed E-state index contributed by atoms with van der Waals surface area (Å²) >= 11 is 3.63. The summed E-state index contributed by atoms with van der Waals surface area (Å²) in [6.07, 6.45) is 0.745. The van der Waals surface area contributed by atoms with Crippen molar-refractivity contribution in [3.63, 3.8) is 0 Å².